The monoisotopic (exact) mass is 488 g/mol. The Balaban J connectivity index is 0.00000225. The predicted molar refractivity (Wildman–Crippen MR) is 122 cm³/mol. The lowest BCUT2D eigenvalue weighted by atomic mass is 10.0. The van der Waals surface area contributed by atoms with E-state index >= 15 is 0 Å². The van der Waals surface area contributed by atoms with Gasteiger partial charge in [0.05, 0.1) is 6.54 Å². The molecule has 6 nitrogen and oxygen atoms in total. The van der Waals surface area contributed by atoms with Crippen molar-refractivity contribution in [3.8, 4) is 5.82 Å². The number of guanidine groups is 1. The molecular formula is C21H25IN6. The lowest BCUT2D eigenvalue weighted by Gasteiger charge is -2.31. The molecule has 0 amide bonds. The number of hydrogen-bond donors (Lipinski definition) is 1. The van der Waals surface area contributed by atoms with Crippen molar-refractivity contribution in [2.75, 3.05) is 13.1 Å². The molecule has 7 heteroatoms. The Morgan fingerprint density at radius 3 is 2.79 bits per heavy atom. The van der Waals surface area contributed by atoms with E-state index in [1.165, 1.54) is 11.1 Å². The fourth-order valence-corrected chi connectivity index (χ4v) is 3.43. The Morgan fingerprint density at radius 2 is 2.00 bits per heavy atom. The van der Waals surface area contributed by atoms with Crippen LogP contribution in [0, 0.1) is 0 Å². The van der Waals surface area contributed by atoms with Gasteiger partial charge in [0.2, 0.25) is 0 Å². The molecule has 1 aromatic carbocycles. The lowest BCUT2D eigenvalue weighted by molar-refractivity contribution is 0.378. The quantitative estimate of drug-likeness (QED) is 0.348. The normalized spacial score (nSPS) is 13.6. The highest BCUT2D eigenvalue weighted by Gasteiger charge is 2.18. The molecule has 0 saturated heterocycles. The van der Waals surface area contributed by atoms with E-state index in [0.717, 1.165) is 43.4 Å². The van der Waals surface area contributed by atoms with Gasteiger partial charge in [-0.05, 0) is 30.5 Å². The maximum absolute atomic E-state index is 4.91. The van der Waals surface area contributed by atoms with E-state index < -0.39 is 0 Å². The summed E-state index contributed by atoms with van der Waals surface area (Å²) in [6.07, 6.45) is 8.28. The summed E-state index contributed by atoms with van der Waals surface area (Å²) in [7, 11) is 0. The van der Waals surface area contributed by atoms with Gasteiger partial charge < -0.3 is 10.2 Å². The van der Waals surface area contributed by atoms with Crippen LogP contribution in [-0.4, -0.2) is 38.5 Å². The number of aromatic nitrogens is 3. The van der Waals surface area contributed by atoms with Crippen molar-refractivity contribution in [2.24, 2.45) is 4.99 Å². The third kappa shape index (κ3) is 4.52. The first-order valence-corrected chi connectivity index (χ1v) is 9.37. The summed E-state index contributed by atoms with van der Waals surface area (Å²) in [4.78, 5) is 15.9. The molecule has 3 aromatic rings. The molecular weight excluding hydrogens is 463 g/mol. The fraction of sp³-hybridized carbons (Fsp3) is 0.286. The van der Waals surface area contributed by atoms with E-state index in [1.54, 1.807) is 18.7 Å². The summed E-state index contributed by atoms with van der Waals surface area (Å²) in [5, 5.41) is 3.44. The van der Waals surface area contributed by atoms with E-state index in [9.17, 15) is 0 Å². The predicted octanol–water partition coefficient (Wildman–Crippen LogP) is 3.41. The second kappa shape index (κ2) is 9.68. The van der Waals surface area contributed by atoms with Gasteiger partial charge in [-0.15, -0.1) is 24.0 Å². The van der Waals surface area contributed by atoms with Gasteiger partial charge in [-0.1, -0.05) is 30.3 Å². The van der Waals surface area contributed by atoms with Crippen LogP contribution in [0.3, 0.4) is 0 Å². The summed E-state index contributed by atoms with van der Waals surface area (Å²) in [5.74, 6) is 1.83. The number of fused-ring (bicyclic) bond motifs is 1. The average Bonchev–Trinajstić information content (AvgIpc) is 3.26. The average molecular weight is 488 g/mol. The molecule has 0 aliphatic carbocycles. The summed E-state index contributed by atoms with van der Waals surface area (Å²) < 4.78 is 1.93. The first-order valence-electron chi connectivity index (χ1n) is 9.37. The minimum absolute atomic E-state index is 0. The van der Waals surface area contributed by atoms with Gasteiger partial charge >= 0.3 is 0 Å². The number of halogens is 1. The van der Waals surface area contributed by atoms with E-state index in [-0.39, 0.29) is 24.0 Å². The van der Waals surface area contributed by atoms with Gasteiger partial charge in [0.15, 0.2) is 5.96 Å². The molecule has 28 heavy (non-hydrogen) atoms. The van der Waals surface area contributed by atoms with Crippen LogP contribution in [0.15, 0.2) is 66.3 Å². The van der Waals surface area contributed by atoms with Crippen molar-refractivity contribution in [3.63, 3.8) is 0 Å². The van der Waals surface area contributed by atoms with Crippen molar-refractivity contribution in [2.45, 2.75) is 26.4 Å². The Bertz CT molecular complexity index is 922. The van der Waals surface area contributed by atoms with Gasteiger partial charge in [0, 0.05) is 43.8 Å². The number of pyridine rings is 1. The van der Waals surface area contributed by atoms with Gasteiger partial charge in [0.25, 0.3) is 0 Å². The van der Waals surface area contributed by atoms with E-state index in [2.05, 4.69) is 57.4 Å². The Kier molecular flexibility index (Phi) is 7.02. The molecule has 1 aliphatic heterocycles. The highest BCUT2D eigenvalue weighted by Crippen LogP contribution is 2.19. The van der Waals surface area contributed by atoms with E-state index in [1.807, 2.05) is 16.8 Å². The van der Waals surface area contributed by atoms with E-state index in [0.29, 0.717) is 6.54 Å². The van der Waals surface area contributed by atoms with Crippen LogP contribution in [0.2, 0.25) is 0 Å². The highest BCUT2D eigenvalue weighted by molar-refractivity contribution is 14.0. The number of aliphatic imine (C=N–C) groups is 1. The van der Waals surface area contributed by atoms with Crippen LogP contribution in [0.5, 0.6) is 0 Å². The van der Waals surface area contributed by atoms with Crippen LogP contribution in [0.4, 0.5) is 0 Å². The van der Waals surface area contributed by atoms with Gasteiger partial charge in [0.1, 0.15) is 12.1 Å². The molecule has 1 N–H and O–H groups in total. The lowest BCUT2D eigenvalue weighted by Crippen LogP contribution is -2.44. The van der Waals surface area contributed by atoms with Crippen LogP contribution in [-0.2, 0) is 19.5 Å². The van der Waals surface area contributed by atoms with Gasteiger partial charge in [-0.25, -0.2) is 15.0 Å². The second-order valence-electron chi connectivity index (χ2n) is 6.57. The zero-order chi connectivity index (χ0) is 18.5. The van der Waals surface area contributed by atoms with Crippen LogP contribution in [0.1, 0.15) is 23.6 Å². The maximum atomic E-state index is 4.91. The molecule has 0 bridgehead atoms. The molecule has 0 unspecified atom stereocenters. The molecule has 146 valence electrons. The molecule has 0 radical (unpaired) electrons. The zero-order valence-electron chi connectivity index (χ0n) is 16.0. The van der Waals surface area contributed by atoms with Gasteiger partial charge in [-0.2, -0.15) is 0 Å². The number of nitrogens with zero attached hydrogens (tertiary/aromatic N) is 5. The Morgan fingerprint density at radius 1 is 1.14 bits per heavy atom. The van der Waals surface area contributed by atoms with Crippen molar-refractivity contribution in [1.29, 1.82) is 0 Å². The first-order chi connectivity index (χ1) is 13.3. The topological polar surface area (TPSA) is 58.3 Å². The summed E-state index contributed by atoms with van der Waals surface area (Å²) in [6, 6.07) is 12.7. The van der Waals surface area contributed by atoms with Crippen LogP contribution >= 0.6 is 24.0 Å². The fourth-order valence-electron chi connectivity index (χ4n) is 3.43. The standard InChI is InChI=1S/C21H24N6.HI/c1-2-23-21(26-12-9-17-6-3-4-7-19(17)15-26)25-14-18-8-5-10-24-20(18)27-13-11-22-16-27;/h3-8,10-11,13,16H,2,9,12,14-15H2,1H3,(H,23,25);1H. The summed E-state index contributed by atoms with van der Waals surface area (Å²) in [6.45, 7) is 5.39. The molecule has 0 spiro atoms. The van der Waals surface area contributed by atoms with Crippen molar-refractivity contribution < 1.29 is 0 Å². The van der Waals surface area contributed by atoms with Gasteiger partial charge in [-0.3, -0.25) is 4.57 Å². The van der Waals surface area contributed by atoms with Crippen LogP contribution in [0.25, 0.3) is 5.82 Å². The zero-order valence-corrected chi connectivity index (χ0v) is 18.3. The number of hydrogen-bond acceptors (Lipinski definition) is 3. The minimum atomic E-state index is 0. The van der Waals surface area contributed by atoms with Crippen molar-refractivity contribution in [1.82, 2.24) is 24.8 Å². The number of imidazole rings is 1. The Labute approximate surface area is 182 Å². The van der Waals surface area contributed by atoms with Crippen molar-refractivity contribution in [3.05, 3.63) is 78.0 Å². The third-order valence-corrected chi connectivity index (χ3v) is 4.78. The minimum Gasteiger partial charge on any atom is -0.356 e. The Hall–Kier alpha value is -2.42. The second-order valence-corrected chi connectivity index (χ2v) is 6.57. The molecule has 2 aromatic heterocycles. The maximum Gasteiger partial charge on any atom is 0.194 e. The molecule has 0 atom stereocenters. The number of benzene rings is 1. The third-order valence-electron chi connectivity index (χ3n) is 4.78. The molecule has 4 rings (SSSR count). The smallest absolute Gasteiger partial charge is 0.194 e. The molecule has 3 heterocycles. The molecule has 1 aliphatic rings. The highest BCUT2D eigenvalue weighted by atomic mass is 127. The molecule has 0 fully saturated rings. The first kappa shape index (κ1) is 20.3. The van der Waals surface area contributed by atoms with E-state index in [4.69, 9.17) is 4.99 Å². The van der Waals surface area contributed by atoms with Crippen LogP contribution < -0.4 is 5.32 Å². The largest absolute Gasteiger partial charge is 0.356 e. The van der Waals surface area contributed by atoms with Crippen molar-refractivity contribution >= 4 is 29.9 Å². The molecule has 0 saturated carbocycles. The SMILES string of the molecule is CCNC(=NCc1cccnc1-n1ccnc1)N1CCc2ccccc2C1.I. The summed E-state index contributed by atoms with van der Waals surface area (Å²) in [5.41, 5.74) is 3.90. The number of nitrogens with one attached hydrogen (secondary N) is 1. The number of rotatable bonds is 4. The summed E-state index contributed by atoms with van der Waals surface area (Å²) >= 11 is 0.